The molecule has 1 aromatic rings. The number of ether oxygens (including phenoxy) is 1. The molecule has 0 aliphatic carbocycles. The van der Waals surface area contributed by atoms with Gasteiger partial charge in [0.05, 0.1) is 12.3 Å². The highest BCUT2D eigenvalue weighted by atomic mass is 31.2. The second-order valence-corrected chi connectivity index (χ2v) is 5.87. The standard InChI is InChI=1S/C10H14FN2O8P/c11-6-4(12)1-2-13(9(6)16)10-8(15)7(14)5(21-10)3-20-22(17,18)19/h1-2,5,7-8,10,14-15H,3,12H2,(H2,17,18,19)/t5-,7-,8-,10-/m1/s1. The Labute approximate surface area is 122 Å². The number of hydrogen-bond donors (Lipinski definition) is 5. The molecule has 0 amide bonds. The summed E-state index contributed by atoms with van der Waals surface area (Å²) < 4.78 is 34.1. The Bertz CT molecular complexity index is 661. The van der Waals surface area contributed by atoms with Crippen LogP contribution in [-0.4, -0.2) is 49.5 Å². The van der Waals surface area contributed by atoms with Crippen LogP contribution in [0.25, 0.3) is 0 Å². The van der Waals surface area contributed by atoms with E-state index in [9.17, 15) is 24.0 Å². The van der Waals surface area contributed by atoms with Gasteiger partial charge in [-0.15, -0.1) is 0 Å². The number of phosphoric ester groups is 1. The van der Waals surface area contributed by atoms with Crippen LogP contribution in [0.2, 0.25) is 0 Å². The van der Waals surface area contributed by atoms with Gasteiger partial charge in [-0.25, -0.2) is 4.57 Å². The lowest BCUT2D eigenvalue weighted by molar-refractivity contribution is -0.0540. The highest BCUT2D eigenvalue weighted by molar-refractivity contribution is 7.46. The van der Waals surface area contributed by atoms with Crippen molar-refractivity contribution in [1.82, 2.24) is 4.57 Å². The summed E-state index contributed by atoms with van der Waals surface area (Å²) in [4.78, 5) is 28.9. The molecule has 2 rings (SSSR count). The van der Waals surface area contributed by atoms with Crippen LogP contribution in [0.1, 0.15) is 6.23 Å². The van der Waals surface area contributed by atoms with Gasteiger partial charge in [0.2, 0.25) is 5.82 Å². The molecule has 4 atom stereocenters. The first-order valence-corrected chi connectivity index (χ1v) is 7.52. The van der Waals surface area contributed by atoms with Crippen LogP contribution in [0.15, 0.2) is 17.1 Å². The number of aliphatic hydroxyl groups is 2. The second-order valence-electron chi connectivity index (χ2n) is 4.63. The lowest BCUT2D eigenvalue weighted by atomic mass is 10.1. The monoisotopic (exact) mass is 340 g/mol. The van der Waals surface area contributed by atoms with Crippen LogP contribution in [0, 0.1) is 5.82 Å². The van der Waals surface area contributed by atoms with Gasteiger partial charge in [-0.1, -0.05) is 0 Å². The molecule has 0 aromatic carbocycles. The lowest BCUT2D eigenvalue weighted by Gasteiger charge is -2.18. The Morgan fingerprint density at radius 1 is 1.41 bits per heavy atom. The van der Waals surface area contributed by atoms with Gasteiger partial charge < -0.3 is 30.5 Å². The fourth-order valence-corrected chi connectivity index (χ4v) is 2.35. The van der Waals surface area contributed by atoms with Gasteiger partial charge >= 0.3 is 7.82 Å². The number of phosphoric acid groups is 1. The third-order valence-corrected chi connectivity index (χ3v) is 3.59. The number of nitrogens with two attached hydrogens (primary N) is 1. The molecule has 0 bridgehead atoms. The Morgan fingerprint density at radius 2 is 2.05 bits per heavy atom. The van der Waals surface area contributed by atoms with Gasteiger partial charge in [-0.05, 0) is 6.07 Å². The molecule has 1 fully saturated rings. The number of nitrogen functional groups attached to an aromatic ring is 1. The van der Waals surface area contributed by atoms with Crippen molar-refractivity contribution in [2.75, 3.05) is 12.3 Å². The van der Waals surface area contributed by atoms with Gasteiger partial charge in [-0.3, -0.25) is 13.9 Å². The molecule has 10 nitrogen and oxygen atoms in total. The third kappa shape index (κ3) is 3.36. The first-order valence-electron chi connectivity index (χ1n) is 5.99. The number of aromatic nitrogens is 1. The molecular formula is C10H14FN2O8P. The zero-order valence-electron chi connectivity index (χ0n) is 10.9. The predicted octanol–water partition coefficient (Wildman–Crippen LogP) is -1.70. The molecule has 1 aliphatic heterocycles. The zero-order chi connectivity index (χ0) is 16.7. The van der Waals surface area contributed by atoms with Gasteiger partial charge in [-0.2, -0.15) is 4.39 Å². The van der Waals surface area contributed by atoms with E-state index in [1.54, 1.807) is 0 Å². The van der Waals surface area contributed by atoms with Crippen molar-refractivity contribution in [3.63, 3.8) is 0 Å². The van der Waals surface area contributed by atoms with Crippen molar-refractivity contribution in [2.45, 2.75) is 24.5 Å². The minimum absolute atomic E-state index is 0.393. The van der Waals surface area contributed by atoms with Crippen LogP contribution >= 0.6 is 7.82 Å². The van der Waals surface area contributed by atoms with E-state index < -0.39 is 56.0 Å². The number of hydrogen-bond acceptors (Lipinski definition) is 7. The Morgan fingerprint density at radius 3 is 2.64 bits per heavy atom. The van der Waals surface area contributed by atoms with Crippen molar-refractivity contribution >= 4 is 13.5 Å². The summed E-state index contributed by atoms with van der Waals surface area (Å²) in [5, 5.41) is 19.6. The Balaban J connectivity index is 2.22. The van der Waals surface area contributed by atoms with Crippen molar-refractivity contribution in [3.8, 4) is 0 Å². The van der Waals surface area contributed by atoms with E-state index in [-0.39, 0.29) is 0 Å². The fourth-order valence-electron chi connectivity index (χ4n) is 2.01. The summed E-state index contributed by atoms with van der Waals surface area (Å²) in [5.41, 5.74) is 3.66. The number of pyridine rings is 1. The van der Waals surface area contributed by atoms with E-state index >= 15 is 0 Å². The third-order valence-electron chi connectivity index (χ3n) is 3.11. The summed E-state index contributed by atoms with van der Waals surface area (Å²) in [5.74, 6) is -1.25. The predicted molar refractivity (Wildman–Crippen MR) is 69.0 cm³/mol. The van der Waals surface area contributed by atoms with Crippen LogP contribution in [0.3, 0.4) is 0 Å². The highest BCUT2D eigenvalue weighted by Gasteiger charge is 2.45. The van der Waals surface area contributed by atoms with E-state index in [4.69, 9.17) is 20.3 Å². The van der Waals surface area contributed by atoms with Crippen LogP contribution in [0.4, 0.5) is 10.1 Å². The number of aliphatic hydroxyl groups excluding tert-OH is 2. The molecule has 1 aliphatic rings. The molecule has 2 heterocycles. The lowest BCUT2D eigenvalue weighted by Crippen LogP contribution is -2.36. The Kier molecular flexibility index (Phi) is 4.68. The van der Waals surface area contributed by atoms with Gasteiger partial charge in [0.15, 0.2) is 6.23 Å². The van der Waals surface area contributed by atoms with Gasteiger partial charge in [0.1, 0.15) is 18.3 Å². The molecule has 6 N–H and O–H groups in total. The van der Waals surface area contributed by atoms with Crippen molar-refractivity contribution < 1.29 is 38.2 Å². The quantitative estimate of drug-likeness (QED) is 0.402. The molecule has 22 heavy (non-hydrogen) atoms. The molecule has 0 radical (unpaired) electrons. The van der Waals surface area contributed by atoms with Crippen LogP contribution in [0.5, 0.6) is 0 Å². The summed E-state index contributed by atoms with van der Waals surface area (Å²) in [7, 11) is -4.80. The van der Waals surface area contributed by atoms with Gasteiger partial charge in [0, 0.05) is 6.20 Å². The summed E-state index contributed by atoms with van der Waals surface area (Å²) in [6.45, 7) is -0.731. The maximum atomic E-state index is 13.5. The molecular weight excluding hydrogens is 326 g/mol. The summed E-state index contributed by atoms with van der Waals surface area (Å²) in [6.07, 6.45) is -4.94. The Hall–Kier alpha value is -1.33. The normalized spacial score (nSPS) is 29.0. The first-order chi connectivity index (χ1) is 10.1. The topological polar surface area (TPSA) is 164 Å². The molecule has 0 saturated carbocycles. The second kappa shape index (κ2) is 6.05. The zero-order valence-corrected chi connectivity index (χ0v) is 11.8. The smallest absolute Gasteiger partial charge is 0.396 e. The van der Waals surface area contributed by atoms with Crippen molar-refractivity contribution in [1.29, 1.82) is 0 Å². The molecule has 124 valence electrons. The average Bonchev–Trinajstić information content (AvgIpc) is 2.70. The number of anilines is 1. The molecule has 12 heteroatoms. The SMILES string of the molecule is Nc1ccn([C@@H]2O[C@H](COP(=O)(O)O)[C@@H](O)[C@H]2O)c(=O)c1F. The minimum atomic E-state index is -4.80. The average molecular weight is 340 g/mol. The summed E-state index contributed by atoms with van der Waals surface area (Å²) >= 11 is 0. The largest absolute Gasteiger partial charge is 0.469 e. The molecule has 0 spiro atoms. The summed E-state index contributed by atoms with van der Waals surface area (Å²) in [6, 6.07) is 1.07. The van der Waals surface area contributed by atoms with Gasteiger partial charge in [0.25, 0.3) is 5.56 Å². The maximum Gasteiger partial charge on any atom is 0.469 e. The van der Waals surface area contributed by atoms with Crippen LogP contribution < -0.4 is 11.3 Å². The van der Waals surface area contributed by atoms with E-state index in [0.717, 1.165) is 12.3 Å². The van der Waals surface area contributed by atoms with Crippen molar-refractivity contribution in [2.24, 2.45) is 0 Å². The molecule has 0 unspecified atom stereocenters. The van der Waals surface area contributed by atoms with Crippen molar-refractivity contribution in [3.05, 3.63) is 28.4 Å². The molecule has 1 aromatic heterocycles. The number of halogens is 1. The number of nitrogens with zero attached hydrogens (tertiary/aromatic N) is 1. The van der Waals surface area contributed by atoms with E-state index in [1.807, 2.05) is 0 Å². The van der Waals surface area contributed by atoms with E-state index in [2.05, 4.69) is 4.52 Å². The maximum absolute atomic E-state index is 13.5. The highest BCUT2D eigenvalue weighted by Crippen LogP contribution is 2.38. The minimum Gasteiger partial charge on any atom is -0.396 e. The molecule has 1 saturated heterocycles. The van der Waals surface area contributed by atoms with Crippen LogP contribution in [-0.2, 0) is 13.8 Å². The van der Waals surface area contributed by atoms with E-state index in [1.165, 1.54) is 0 Å². The van der Waals surface area contributed by atoms with E-state index in [0.29, 0.717) is 4.57 Å². The number of rotatable bonds is 4. The first kappa shape index (κ1) is 17.0. The fraction of sp³-hybridized carbons (Fsp3) is 0.500.